The molecule has 0 unspecified atom stereocenters. The van der Waals surface area contributed by atoms with Gasteiger partial charge in [0.2, 0.25) is 0 Å². The molecule has 0 N–H and O–H groups in total. The number of Topliss-reactive ketones (excluding diaryl/α,β-unsaturated/α-hetero) is 1. The predicted octanol–water partition coefficient (Wildman–Crippen LogP) is -0.168. The van der Waals surface area contributed by atoms with Gasteiger partial charge in [-0.1, -0.05) is 0 Å². The number of carbonyl (C=O) groups excluding carboxylic acids is 1. The zero-order valence-corrected chi connectivity index (χ0v) is 6.17. The van der Waals surface area contributed by atoms with Crippen LogP contribution in [0, 0.1) is 0 Å². The van der Waals surface area contributed by atoms with Gasteiger partial charge in [-0.2, -0.15) is 0 Å². The second kappa shape index (κ2) is 3.73. The first kappa shape index (κ1) is 7.76. The maximum Gasteiger partial charge on any atom is 0.398 e. The van der Waals surface area contributed by atoms with Crippen LogP contribution < -0.4 is 0 Å². The van der Waals surface area contributed by atoms with Gasteiger partial charge in [0.15, 0.2) is 0 Å². The summed E-state index contributed by atoms with van der Waals surface area (Å²) in [6, 6.07) is 0. The summed E-state index contributed by atoms with van der Waals surface area (Å²) in [6.07, 6.45) is 1.69. The third kappa shape index (κ3) is 2.12. The molecule has 10 heavy (non-hydrogen) atoms. The fourth-order valence-electron chi connectivity index (χ4n) is 1.10. The molecule has 1 saturated heterocycles. The lowest BCUT2D eigenvalue weighted by molar-refractivity contribution is -0.120. The molecule has 1 aliphatic rings. The van der Waals surface area contributed by atoms with Crippen molar-refractivity contribution in [3.05, 3.63) is 0 Å². The zero-order valence-electron chi connectivity index (χ0n) is 6.17. The summed E-state index contributed by atoms with van der Waals surface area (Å²) in [6.45, 7) is 1.47. The predicted molar refractivity (Wildman–Crippen MR) is 38.6 cm³/mol. The van der Waals surface area contributed by atoms with Crippen molar-refractivity contribution in [1.82, 2.24) is 4.81 Å². The Kier molecular flexibility index (Phi) is 2.90. The Morgan fingerprint density at radius 3 is 3.10 bits per heavy atom. The van der Waals surface area contributed by atoms with Crippen molar-refractivity contribution in [2.75, 3.05) is 20.2 Å². The first-order valence-corrected chi connectivity index (χ1v) is 3.45. The SMILES string of the molecule is CO[B]N1CCCC(=O)C1. The van der Waals surface area contributed by atoms with Crippen LogP contribution in [-0.4, -0.2) is 38.4 Å². The fourth-order valence-corrected chi connectivity index (χ4v) is 1.10. The van der Waals surface area contributed by atoms with E-state index in [0.717, 1.165) is 19.4 Å². The van der Waals surface area contributed by atoms with Gasteiger partial charge < -0.3 is 9.47 Å². The van der Waals surface area contributed by atoms with Gasteiger partial charge in [-0.25, -0.2) is 0 Å². The van der Waals surface area contributed by atoms with E-state index in [1.807, 2.05) is 4.81 Å². The largest absolute Gasteiger partial charge is 0.427 e. The Hall–Kier alpha value is -0.345. The van der Waals surface area contributed by atoms with Crippen LogP contribution in [0.15, 0.2) is 0 Å². The van der Waals surface area contributed by atoms with Crippen molar-refractivity contribution in [3.63, 3.8) is 0 Å². The number of hydrogen-bond acceptors (Lipinski definition) is 3. The van der Waals surface area contributed by atoms with E-state index in [-0.39, 0.29) is 0 Å². The molecule has 1 heterocycles. The second-order valence-corrected chi connectivity index (χ2v) is 2.45. The first-order chi connectivity index (χ1) is 4.83. The Balaban J connectivity index is 2.25. The molecule has 0 bridgehead atoms. The van der Waals surface area contributed by atoms with Crippen LogP contribution in [0.3, 0.4) is 0 Å². The standard InChI is InChI=1S/C6H11BNO2/c1-10-7-8-4-2-3-6(9)5-8/h2-5H2,1H3. The van der Waals surface area contributed by atoms with Gasteiger partial charge in [-0.3, -0.25) is 4.79 Å². The zero-order chi connectivity index (χ0) is 7.40. The average Bonchev–Trinajstić information content (AvgIpc) is 1.88. The van der Waals surface area contributed by atoms with Gasteiger partial charge in [0, 0.05) is 20.1 Å². The maximum absolute atomic E-state index is 10.8. The molecule has 0 aromatic heterocycles. The number of ketones is 1. The molecular formula is C6H11BNO2. The molecule has 0 saturated carbocycles. The van der Waals surface area contributed by atoms with Gasteiger partial charge in [-0.15, -0.1) is 0 Å². The smallest absolute Gasteiger partial charge is 0.398 e. The molecule has 4 heteroatoms. The van der Waals surface area contributed by atoms with Gasteiger partial charge in [-0.05, 0) is 13.0 Å². The number of nitrogens with zero attached hydrogens (tertiary/aromatic N) is 1. The molecule has 0 aliphatic carbocycles. The third-order valence-electron chi connectivity index (χ3n) is 1.53. The summed E-state index contributed by atoms with van der Waals surface area (Å²) in [4.78, 5) is 12.7. The van der Waals surface area contributed by atoms with Crippen LogP contribution in [-0.2, 0) is 9.45 Å². The summed E-state index contributed by atoms with van der Waals surface area (Å²) in [5.41, 5.74) is 0. The van der Waals surface area contributed by atoms with Crippen LogP contribution in [0.5, 0.6) is 0 Å². The highest BCUT2D eigenvalue weighted by Crippen LogP contribution is 2.03. The highest BCUT2D eigenvalue weighted by Gasteiger charge is 2.16. The molecule has 0 atom stereocenters. The van der Waals surface area contributed by atoms with Crippen molar-refractivity contribution in [3.8, 4) is 0 Å². The molecule has 1 fully saturated rings. The number of piperidine rings is 1. The van der Waals surface area contributed by atoms with Crippen LogP contribution in [0.2, 0.25) is 0 Å². The van der Waals surface area contributed by atoms with Crippen LogP contribution in [0.4, 0.5) is 0 Å². The minimum atomic E-state index is 0.305. The highest BCUT2D eigenvalue weighted by molar-refractivity contribution is 6.24. The van der Waals surface area contributed by atoms with E-state index >= 15 is 0 Å². The molecule has 1 radical (unpaired) electrons. The van der Waals surface area contributed by atoms with Crippen LogP contribution in [0.1, 0.15) is 12.8 Å². The van der Waals surface area contributed by atoms with E-state index in [1.54, 1.807) is 14.7 Å². The lowest BCUT2D eigenvalue weighted by Gasteiger charge is -2.22. The summed E-state index contributed by atoms with van der Waals surface area (Å²) in [5.74, 6) is 0.305. The maximum atomic E-state index is 10.8. The van der Waals surface area contributed by atoms with E-state index in [0.29, 0.717) is 12.3 Å². The van der Waals surface area contributed by atoms with E-state index < -0.39 is 0 Å². The van der Waals surface area contributed by atoms with Crippen molar-refractivity contribution in [2.45, 2.75) is 12.8 Å². The van der Waals surface area contributed by atoms with Gasteiger partial charge in [0.05, 0.1) is 0 Å². The number of carbonyl (C=O) groups is 1. The quantitative estimate of drug-likeness (QED) is 0.498. The first-order valence-electron chi connectivity index (χ1n) is 3.45. The van der Waals surface area contributed by atoms with E-state index in [9.17, 15) is 4.79 Å². The van der Waals surface area contributed by atoms with Crippen LogP contribution in [0.25, 0.3) is 0 Å². The molecule has 0 amide bonds. The summed E-state index contributed by atoms with van der Waals surface area (Å²) >= 11 is 0. The lowest BCUT2D eigenvalue weighted by atomic mass is 10.0. The molecule has 1 rings (SSSR count). The van der Waals surface area contributed by atoms with Crippen molar-refractivity contribution in [1.29, 1.82) is 0 Å². The molecular weight excluding hydrogens is 129 g/mol. The highest BCUT2D eigenvalue weighted by atomic mass is 16.4. The minimum Gasteiger partial charge on any atom is -0.427 e. The van der Waals surface area contributed by atoms with Gasteiger partial charge in [0.25, 0.3) is 0 Å². The average molecular weight is 140 g/mol. The molecule has 55 valence electrons. The third-order valence-corrected chi connectivity index (χ3v) is 1.53. The molecule has 0 aromatic carbocycles. The normalized spacial score (nSPS) is 21.1. The Morgan fingerprint density at radius 1 is 1.70 bits per heavy atom. The molecule has 3 nitrogen and oxygen atoms in total. The van der Waals surface area contributed by atoms with Crippen molar-refractivity contribution < 1.29 is 9.45 Å². The topological polar surface area (TPSA) is 29.5 Å². The Labute approximate surface area is 61.6 Å². The van der Waals surface area contributed by atoms with E-state index in [2.05, 4.69) is 0 Å². The van der Waals surface area contributed by atoms with Crippen molar-refractivity contribution >= 4 is 13.4 Å². The van der Waals surface area contributed by atoms with Crippen LogP contribution >= 0.6 is 0 Å². The molecule has 0 spiro atoms. The minimum absolute atomic E-state index is 0.305. The summed E-state index contributed by atoms with van der Waals surface area (Å²) < 4.78 is 4.78. The molecule has 0 aromatic rings. The fraction of sp³-hybridized carbons (Fsp3) is 0.833. The number of rotatable bonds is 2. The monoisotopic (exact) mass is 140 g/mol. The van der Waals surface area contributed by atoms with Gasteiger partial charge in [0.1, 0.15) is 5.78 Å². The second-order valence-electron chi connectivity index (χ2n) is 2.45. The number of hydrogen-bond donors (Lipinski definition) is 0. The van der Waals surface area contributed by atoms with E-state index in [4.69, 9.17) is 4.65 Å². The summed E-state index contributed by atoms with van der Waals surface area (Å²) in [7, 11) is 3.20. The van der Waals surface area contributed by atoms with Crippen molar-refractivity contribution in [2.24, 2.45) is 0 Å². The molecule has 1 aliphatic heterocycles. The Bertz CT molecular complexity index is 127. The Morgan fingerprint density at radius 2 is 2.50 bits per heavy atom. The van der Waals surface area contributed by atoms with E-state index in [1.165, 1.54) is 0 Å². The lowest BCUT2D eigenvalue weighted by Crippen LogP contribution is -2.38. The summed E-state index contributed by atoms with van der Waals surface area (Å²) in [5, 5.41) is 0. The van der Waals surface area contributed by atoms with Gasteiger partial charge >= 0.3 is 7.62 Å².